The van der Waals surface area contributed by atoms with Gasteiger partial charge in [0.25, 0.3) is 0 Å². The molecule has 10 heavy (non-hydrogen) atoms. The molecule has 1 aliphatic rings. The summed E-state index contributed by atoms with van der Waals surface area (Å²) < 4.78 is 4.82. The van der Waals surface area contributed by atoms with Gasteiger partial charge in [0, 0.05) is 13.7 Å². The van der Waals surface area contributed by atoms with E-state index in [1.54, 1.807) is 0 Å². The van der Waals surface area contributed by atoms with Gasteiger partial charge in [0.05, 0.1) is 6.10 Å². The van der Waals surface area contributed by atoms with E-state index >= 15 is 0 Å². The predicted molar refractivity (Wildman–Crippen MR) is 37.5 cm³/mol. The summed E-state index contributed by atoms with van der Waals surface area (Å²) in [5, 5.41) is 11.1. The summed E-state index contributed by atoms with van der Waals surface area (Å²) >= 11 is 0. The van der Waals surface area contributed by atoms with E-state index in [0.29, 0.717) is 6.54 Å². The van der Waals surface area contributed by atoms with Crippen LogP contribution in [0.15, 0.2) is 0 Å². The highest BCUT2D eigenvalue weighted by Crippen LogP contribution is 2.06. The first kappa shape index (κ1) is 9.68. The number of aliphatic carboxylic acids is 1. The van der Waals surface area contributed by atoms with Crippen LogP contribution in [0.25, 0.3) is 0 Å². The van der Waals surface area contributed by atoms with Crippen molar-refractivity contribution in [1.29, 1.82) is 0 Å². The molecular weight excluding hydrogens is 158 g/mol. The van der Waals surface area contributed by atoms with Gasteiger partial charge in [-0.2, -0.15) is 0 Å². The topological polar surface area (TPSA) is 58.6 Å². The maximum Gasteiger partial charge on any atom is 0.323 e. The van der Waals surface area contributed by atoms with Crippen molar-refractivity contribution in [2.24, 2.45) is 0 Å². The predicted octanol–water partition coefficient (Wildman–Crippen LogP) is -0.520. The molecule has 2 N–H and O–H groups in total. The lowest BCUT2D eigenvalue weighted by Crippen LogP contribution is -2.62. The molecular formula is C5H10ClNO3. The van der Waals surface area contributed by atoms with Gasteiger partial charge in [-0.05, 0) is 0 Å². The van der Waals surface area contributed by atoms with Gasteiger partial charge in [-0.1, -0.05) is 0 Å². The number of hydrogen-bond acceptors (Lipinski definition) is 3. The molecule has 1 fully saturated rings. The molecule has 5 heteroatoms. The Morgan fingerprint density at radius 3 is 2.50 bits per heavy atom. The van der Waals surface area contributed by atoms with Crippen LogP contribution >= 0.6 is 12.4 Å². The zero-order valence-electron chi connectivity index (χ0n) is 5.53. The third-order valence-electron chi connectivity index (χ3n) is 1.48. The Hall–Kier alpha value is -0.320. The highest BCUT2D eigenvalue weighted by atomic mass is 35.5. The Labute approximate surface area is 65.0 Å². The fourth-order valence-electron chi connectivity index (χ4n) is 0.798. The SMILES string of the molecule is COC1CNC1C(=O)O.Cl. The molecule has 2 unspecified atom stereocenters. The number of halogens is 1. The van der Waals surface area contributed by atoms with Crippen LogP contribution in [0.2, 0.25) is 0 Å². The summed E-state index contributed by atoms with van der Waals surface area (Å²) in [5.74, 6) is -0.840. The number of nitrogens with one attached hydrogen (secondary N) is 1. The van der Waals surface area contributed by atoms with Crippen LogP contribution in [0.3, 0.4) is 0 Å². The van der Waals surface area contributed by atoms with E-state index < -0.39 is 12.0 Å². The average Bonchev–Trinajstić information content (AvgIpc) is 1.61. The number of rotatable bonds is 2. The quantitative estimate of drug-likeness (QED) is 0.581. The van der Waals surface area contributed by atoms with Crippen molar-refractivity contribution in [3.8, 4) is 0 Å². The lowest BCUT2D eigenvalue weighted by atomic mass is 10.0. The van der Waals surface area contributed by atoms with Crippen molar-refractivity contribution in [2.75, 3.05) is 13.7 Å². The number of ether oxygens (including phenoxy) is 1. The highest BCUT2D eigenvalue weighted by Gasteiger charge is 2.35. The molecule has 0 aromatic heterocycles. The molecule has 4 nitrogen and oxygen atoms in total. The molecule has 1 saturated heterocycles. The van der Waals surface area contributed by atoms with Crippen molar-refractivity contribution in [2.45, 2.75) is 12.1 Å². The van der Waals surface area contributed by atoms with Gasteiger partial charge in [0.1, 0.15) is 6.04 Å². The highest BCUT2D eigenvalue weighted by molar-refractivity contribution is 5.85. The Kier molecular flexibility index (Phi) is 3.63. The van der Waals surface area contributed by atoms with Gasteiger partial charge in [-0.25, -0.2) is 0 Å². The second-order valence-corrected chi connectivity index (χ2v) is 2.00. The number of methoxy groups -OCH3 is 1. The Morgan fingerprint density at radius 2 is 2.40 bits per heavy atom. The number of carboxylic acid groups (broad SMARTS) is 1. The number of hydrogen-bond donors (Lipinski definition) is 2. The van der Waals surface area contributed by atoms with Crippen LogP contribution in [0.5, 0.6) is 0 Å². The minimum atomic E-state index is -0.840. The van der Waals surface area contributed by atoms with Gasteiger partial charge in [-0.15, -0.1) is 12.4 Å². The van der Waals surface area contributed by atoms with Gasteiger partial charge < -0.3 is 9.84 Å². The van der Waals surface area contributed by atoms with E-state index in [-0.39, 0.29) is 18.5 Å². The van der Waals surface area contributed by atoms with E-state index in [4.69, 9.17) is 9.84 Å². The van der Waals surface area contributed by atoms with E-state index in [0.717, 1.165) is 0 Å². The molecule has 60 valence electrons. The molecule has 0 bridgehead atoms. The third-order valence-corrected chi connectivity index (χ3v) is 1.48. The molecule has 0 aliphatic carbocycles. The van der Waals surface area contributed by atoms with Crippen LogP contribution in [-0.4, -0.2) is 36.9 Å². The summed E-state index contributed by atoms with van der Waals surface area (Å²) in [6, 6.07) is -0.491. The second-order valence-electron chi connectivity index (χ2n) is 2.00. The minimum Gasteiger partial charge on any atom is -0.480 e. The molecule has 0 spiro atoms. The maximum absolute atomic E-state index is 10.2. The summed E-state index contributed by atoms with van der Waals surface area (Å²) in [6.07, 6.45) is -0.137. The minimum absolute atomic E-state index is 0. The average molecular weight is 168 g/mol. The number of carbonyl (C=O) groups is 1. The van der Waals surface area contributed by atoms with Crippen molar-refractivity contribution >= 4 is 18.4 Å². The molecule has 0 radical (unpaired) electrons. The van der Waals surface area contributed by atoms with Crippen molar-refractivity contribution in [3.63, 3.8) is 0 Å². The molecule has 0 aromatic carbocycles. The molecule has 0 aromatic rings. The molecule has 0 saturated carbocycles. The van der Waals surface area contributed by atoms with Crippen molar-refractivity contribution in [3.05, 3.63) is 0 Å². The standard InChI is InChI=1S/C5H9NO3.ClH/c1-9-3-2-6-4(3)5(7)8;/h3-4,6H,2H2,1H3,(H,7,8);1H. The molecule has 1 heterocycles. The fourth-order valence-corrected chi connectivity index (χ4v) is 0.798. The van der Waals surface area contributed by atoms with E-state index in [1.807, 2.05) is 0 Å². The maximum atomic E-state index is 10.2. The Balaban J connectivity index is 0.000000810. The molecule has 0 amide bonds. The van der Waals surface area contributed by atoms with Crippen LogP contribution in [0.1, 0.15) is 0 Å². The largest absolute Gasteiger partial charge is 0.480 e. The van der Waals surface area contributed by atoms with Crippen molar-refractivity contribution in [1.82, 2.24) is 5.32 Å². The summed E-state index contributed by atoms with van der Waals surface area (Å²) in [7, 11) is 1.52. The van der Waals surface area contributed by atoms with Gasteiger partial charge >= 0.3 is 5.97 Å². The zero-order chi connectivity index (χ0) is 6.85. The third kappa shape index (κ3) is 1.59. The Morgan fingerprint density at radius 1 is 1.80 bits per heavy atom. The van der Waals surface area contributed by atoms with E-state index in [1.165, 1.54) is 7.11 Å². The lowest BCUT2D eigenvalue weighted by Gasteiger charge is -2.33. The fraction of sp³-hybridized carbons (Fsp3) is 0.800. The van der Waals surface area contributed by atoms with E-state index in [2.05, 4.69) is 5.32 Å². The zero-order valence-corrected chi connectivity index (χ0v) is 6.35. The molecule has 1 rings (SSSR count). The van der Waals surface area contributed by atoms with Crippen LogP contribution < -0.4 is 5.32 Å². The van der Waals surface area contributed by atoms with Gasteiger partial charge in [0.2, 0.25) is 0 Å². The van der Waals surface area contributed by atoms with Crippen LogP contribution in [0.4, 0.5) is 0 Å². The smallest absolute Gasteiger partial charge is 0.323 e. The summed E-state index contributed by atoms with van der Waals surface area (Å²) in [6.45, 7) is 0.646. The lowest BCUT2D eigenvalue weighted by molar-refractivity contribution is -0.147. The summed E-state index contributed by atoms with van der Waals surface area (Å²) in [5.41, 5.74) is 0. The van der Waals surface area contributed by atoms with Crippen LogP contribution in [-0.2, 0) is 9.53 Å². The molecule has 1 aliphatic heterocycles. The summed E-state index contributed by atoms with van der Waals surface area (Å²) in [4.78, 5) is 10.2. The number of carboxylic acids is 1. The van der Waals surface area contributed by atoms with Crippen LogP contribution in [0, 0.1) is 0 Å². The van der Waals surface area contributed by atoms with Crippen molar-refractivity contribution < 1.29 is 14.6 Å². The normalized spacial score (nSPS) is 30.1. The van der Waals surface area contributed by atoms with Gasteiger partial charge in [0.15, 0.2) is 0 Å². The van der Waals surface area contributed by atoms with E-state index in [9.17, 15) is 4.79 Å². The second kappa shape index (κ2) is 3.75. The molecule has 2 atom stereocenters. The monoisotopic (exact) mass is 167 g/mol. The first-order valence-electron chi connectivity index (χ1n) is 2.74. The first-order chi connectivity index (χ1) is 4.25. The Bertz CT molecular complexity index is 128. The first-order valence-corrected chi connectivity index (χ1v) is 2.74. The van der Waals surface area contributed by atoms with Gasteiger partial charge in [-0.3, -0.25) is 10.1 Å².